The summed E-state index contributed by atoms with van der Waals surface area (Å²) in [5.74, 6) is 0. The van der Waals surface area contributed by atoms with Crippen LogP contribution in [0, 0.1) is 0 Å². The number of hydrogen-bond donors (Lipinski definition) is 2. The molecule has 49 heavy (non-hydrogen) atoms. The van der Waals surface area contributed by atoms with Crippen LogP contribution < -0.4 is 0 Å². The van der Waals surface area contributed by atoms with Crippen molar-refractivity contribution in [1.29, 1.82) is 0 Å². The van der Waals surface area contributed by atoms with Gasteiger partial charge in [0.2, 0.25) is 11.4 Å². The fraction of sp³-hybridized carbons (Fsp3) is 0.591. The van der Waals surface area contributed by atoms with Crippen LogP contribution in [-0.4, -0.2) is 29.1 Å². The van der Waals surface area contributed by atoms with Crippen LogP contribution in [0.3, 0.4) is 0 Å². The van der Waals surface area contributed by atoms with Crippen molar-refractivity contribution >= 4 is 11.4 Å². The van der Waals surface area contributed by atoms with E-state index in [0.29, 0.717) is 0 Å². The molecule has 0 fully saturated rings. The Bertz CT molecular complexity index is 1250. The Labute approximate surface area is 311 Å². The van der Waals surface area contributed by atoms with E-state index in [2.05, 4.69) is 88.4 Å². The minimum atomic E-state index is 0. The van der Waals surface area contributed by atoms with Gasteiger partial charge in [-0.2, -0.15) is 0 Å². The second kappa shape index (κ2) is 30.5. The normalized spacial score (nSPS) is 12.5. The van der Waals surface area contributed by atoms with Gasteiger partial charge in [0.1, 0.15) is 0 Å². The summed E-state index contributed by atoms with van der Waals surface area (Å²) >= 11 is 0. The molecular formula is C44H70N2NiO2. The third-order valence-electron chi connectivity index (χ3n) is 9.17. The third kappa shape index (κ3) is 16.5. The Balaban J connectivity index is 0.00000444. The number of unbranched alkanes of at least 4 members (excludes halogenated alkanes) is 11. The van der Waals surface area contributed by atoms with Gasteiger partial charge in [0.05, 0.1) is 0 Å². The van der Waals surface area contributed by atoms with Gasteiger partial charge < -0.3 is 15.7 Å². The van der Waals surface area contributed by atoms with Crippen LogP contribution in [-0.2, 0) is 29.3 Å². The first-order valence-electron chi connectivity index (χ1n) is 19.3. The minimum Gasteiger partial charge on any atom is -0.493 e. The number of aliphatic hydroxyl groups is 2. The summed E-state index contributed by atoms with van der Waals surface area (Å²) in [6, 6.07) is 17.8. The fourth-order valence-electron chi connectivity index (χ4n) is 6.58. The van der Waals surface area contributed by atoms with Crippen LogP contribution in [0.1, 0.15) is 166 Å². The zero-order chi connectivity index (χ0) is 35.4. The van der Waals surface area contributed by atoms with E-state index < -0.39 is 0 Å². The summed E-state index contributed by atoms with van der Waals surface area (Å²) in [6.45, 7) is 9.09. The largest absolute Gasteiger partial charge is 0.493 e. The molecular weight excluding hydrogens is 647 g/mol. The molecule has 0 bridgehead atoms. The molecule has 1 aliphatic rings. The maximum absolute atomic E-state index is 12.1. The molecule has 0 radical (unpaired) electrons. The van der Waals surface area contributed by atoms with E-state index in [1.807, 2.05) is 0 Å². The van der Waals surface area contributed by atoms with Crippen molar-refractivity contribution in [2.75, 3.05) is 14.2 Å². The van der Waals surface area contributed by atoms with Crippen LogP contribution in [0.5, 0.6) is 0 Å². The molecule has 0 saturated carbocycles. The van der Waals surface area contributed by atoms with Crippen molar-refractivity contribution in [3.63, 3.8) is 0 Å². The zero-order valence-corrected chi connectivity index (χ0v) is 33.0. The zero-order valence-electron chi connectivity index (χ0n) is 32.0. The quantitative estimate of drug-likeness (QED) is 0.0520. The Kier molecular flexibility index (Phi) is 29.0. The molecule has 0 spiro atoms. The number of aliphatic hydroxyl groups excluding tert-OH is 2. The molecule has 0 aromatic heterocycles. The summed E-state index contributed by atoms with van der Waals surface area (Å²) in [7, 11) is 2.00. The molecule has 2 aromatic rings. The molecule has 2 N–H and O–H groups in total. The first-order chi connectivity index (χ1) is 23.7. The molecule has 0 saturated heterocycles. The molecule has 5 heteroatoms. The van der Waals surface area contributed by atoms with E-state index in [0.717, 1.165) is 95.4 Å². The van der Waals surface area contributed by atoms with Gasteiger partial charge in [-0.15, -0.1) is 0 Å². The standard InChI is InChI=1S/C42H62N2.2CH4O.Ni/c1-5-9-13-14-15-16-17-18-19-20-22-28-36-29-23-24-33-38(36)42-40(32-12-8-4)39(31-11-7-3)41(44(42)43)37-30-25-27-35(34-37)26-21-10-6-2;2*1-2;/h18-19,23-25,27,29-30,33-34H,5-17,20-22,26,28,31-32H2,1-4H3;2*2H,1H3;. The Morgan fingerprint density at radius 3 is 1.76 bits per heavy atom. The number of benzene rings is 2. The molecule has 3 rings (SSSR count). The number of aryl methyl sites for hydroxylation is 2. The Morgan fingerprint density at radius 1 is 0.551 bits per heavy atom. The molecule has 1 heterocycles. The third-order valence-corrected chi connectivity index (χ3v) is 9.17. The van der Waals surface area contributed by atoms with Gasteiger partial charge in [-0.25, -0.2) is 4.70 Å². The van der Waals surface area contributed by atoms with Gasteiger partial charge in [-0.1, -0.05) is 128 Å². The topological polar surface area (TPSA) is 65.8 Å². The van der Waals surface area contributed by atoms with E-state index in [1.165, 1.54) is 92.0 Å². The average molecular weight is 718 g/mol. The monoisotopic (exact) mass is 716 g/mol. The number of nitrogens with zero attached hydrogens (tertiary/aromatic N) is 2. The molecule has 1 aliphatic heterocycles. The van der Waals surface area contributed by atoms with Gasteiger partial charge in [-0.3, -0.25) is 0 Å². The molecule has 278 valence electrons. The van der Waals surface area contributed by atoms with Gasteiger partial charge in [0, 0.05) is 53.0 Å². The molecule has 4 nitrogen and oxygen atoms in total. The van der Waals surface area contributed by atoms with Crippen LogP contribution >= 0.6 is 0 Å². The first-order valence-corrected chi connectivity index (χ1v) is 19.3. The molecule has 0 amide bonds. The van der Waals surface area contributed by atoms with Crippen LogP contribution in [0.4, 0.5) is 0 Å². The summed E-state index contributed by atoms with van der Waals surface area (Å²) in [6.07, 6.45) is 28.9. The average Bonchev–Trinajstić information content (AvgIpc) is 3.40. The van der Waals surface area contributed by atoms with Gasteiger partial charge in [0.15, 0.2) is 0 Å². The molecule has 0 aliphatic carbocycles. The van der Waals surface area contributed by atoms with Gasteiger partial charge in [-0.05, 0) is 100.0 Å². The van der Waals surface area contributed by atoms with E-state index >= 15 is 0 Å². The van der Waals surface area contributed by atoms with Crippen LogP contribution in [0.15, 0.2) is 71.8 Å². The molecule has 2 aromatic carbocycles. The van der Waals surface area contributed by atoms with Crippen molar-refractivity contribution in [2.45, 2.75) is 156 Å². The SMILES string of the molecule is CCCCCCCCC=CCCCc1ccccc1C1=C(CCCC)C(CCCC)=C(c2cccc(CCCCC)c2)[N+]1=[N-].CO.CO.[Ni]. The van der Waals surface area contributed by atoms with Gasteiger partial charge in [0.25, 0.3) is 0 Å². The number of hydrogen-bond acceptors (Lipinski definition) is 2. The fourth-order valence-corrected chi connectivity index (χ4v) is 6.58. The Hall–Kier alpha value is -2.33. The Morgan fingerprint density at radius 2 is 1.10 bits per heavy atom. The van der Waals surface area contributed by atoms with Crippen LogP contribution in [0.2, 0.25) is 0 Å². The summed E-state index contributed by atoms with van der Waals surface area (Å²) in [5, 5.41) is 14.0. The van der Waals surface area contributed by atoms with Crippen LogP contribution in [0.25, 0.3) is 16.9 Å². The maximum atomic E-state index is 12.1. The summed E-state index contributed by atoms with van der Waals surface area (Å²) in [4.78, 5) is 0. The van der Waals surface area contributed by atoms with Crippen molar-refractivity contribution < 1.29 is 31.4 Å². The van der Waals surface area contributed by atoms with Crippen molar-refractivity contribution in [1.82, 2.24) is 0 Å². The molecule has 0 unspecified atom stereocenters. The van der Waals surface area contributed by atoms with E-state index in [1.54, 1.807) is 4.70 Å². The summed E-state index contributed by atoms with van der Waals surface area (Å²) in [5.41, 5.74) is 22.0. The summed E-state index contributed by atoms with van der Waals surface area (Å²) < 4.78 is 1.58. The van der Waals surface area contributed by atoms with E-state index in [9.17, 15) is 5.53 Å². The predicted molar refractivity (Wildman–Crippen MR) is 209 cm³/mol. The van der Waals surface area contributed by atoms with E-state index in [-0.39, 0.29) is 16.5 Å². The second-order valence-corrected chi connectivity index (χ2v) is 12.9. The van der Waals surface area contributed by atoms with Crippen molar-refractivity contribution in [3.05, 3.63) is 99.6 Å². The minimum absolute atomic E-state index is 0. The first kappa shape index (κ1) is 46.7. The number of rotatable bonds is 23. The number of allylic oxidation sites excluding steroid dienone is 4. The second-order valence-electron chi connectivity index (χ2n) is 12.9. The van der Waals surface area contributed by atoms with E-state index in [4.69, 9.17) is 10.2 Å². The van der Waals surface area contributed by atoms with Crippen molar-refractivity contribution in [2.24, 2.45) is 0 Å². The van der Waals surface area contributed by atoms with Crippen molar-refractivity contribution in [3.8, 4) is 0 Å². The maximum Gasteiger partial charge on any atom is 0.211 e. The predicted octanol–water partition coefficient (Wildman–Crippen LogP) is 12.8. The molecule has 0 atom stereocenters. The smallest absolute Gasteiger partial charge is 0.211 e. The van der Waals surface area contributed by atoms with Gasteiger partial charge >= 0.3 is 0 Å².